The molecule has 1 aromatic heterocycles. The molecule has 0 bridgehead atoms. The first-order valence-electron chi connectivity index (χ1n) is 9.23. The Hall–Kier alpha value is -3.92. The lowest BCUT2D eigenvalue weighted by atomic mass is 9.84. The van der Waals surface area contributed by atoms with Gasteiger partial charge < -0.3 is 20.3 Å². The van der Waals surface area contributed by atoms with E-state index in [-0.39, 0.29) is 11.6 Å². The van der Waals surface area contributed by atoms with Crippen LogP contribution in [0.3, 0.4) is 0 Å². The number of aryl methyl sites for hydroxylation is 1. The zero-order valence-corrected chi connectivity index (χ0v) is 16.1. The normalized spacial score (nSPS) is 15.4. The minimum Gasteiger partial charge on any atom is -0.504 e. The average Bonchev–Trinajstić information content (AvgIpc) is 3.05. The summed E-state index contributed by atoms with van der Waals surface area (Å²) in [5, 5.41) is 24.5. The van der Waals surface area contributed by atoms with E-state index in [9.17, 15) is 10.4 Å². The predicted octanol–water partition coefficient (Wildman–Crippen LogP) is 3.50. The Morgan fingerprint density at radius 3 is 2.72 bits per heavy atom. The highest BCUT2D eigenvalue weighted by molar-refractivity contribution is 5.58. The monoisotopic (exact) mass is 388 g/mol. The number of benzene rings is 2. The molecule has 3 N–H and O–H groups in total. The van der Waals surface area contributed by atoms with Crippen LogP contribution in [0.4, 0.5) is 0 Å². The lowest BCUT2D eigenvalue weighted by molar-refractivity contribution is 0.317. The van der Waals surface area contributed by atoms with E-state index in [1.807, 2.05) is 44.2 Å². The van der Waals surface area contributed by atoms with Crippen molar-refractivity contribution in [1.29, 1.82) is 5.26 Å². The second-order valence-corrected chi connectivity index (χ2v) is 6.64. The molecule has 7 heteroatoms. The van der Waals surface area contributed by atoms with E-state index in [0.717, 1.165) is 22.5 Å². The van der Waals surface area contributed by atoms with Gasteiger partial charge in [0.1, 0.15) is 11.6 Å². The van der Waals surface area contributed by atoms with Gasteiger partial charge in [0.05, 0.1) is 29.5 Å². The number of nitriles is 1. The van der Waals surface area contributed by atoms with E-state index in [2.05, 4.69) is 11.2 Å². The summed E-state index contributed by atoms with van der Waals surface area (Å²) in [5.41, 5.74) is 9.48. The maximum atomic E-state index is 10.1. The molecule has 2 heterocycles. The number of phenolic OH excluding ortho intramolecular Hbond substituents is 1. The highest BCUT2D eigenvalue weighted by atomic mass is 16.5. The Labute approximate surface area is 168 Å². The Morgan fingerprint density at radius 1 is 1.28 bits per heavy atom. The van der Waals surface area contributed by atoms with Crippen molar-refractivity contribution >= 4 is 0 Å². The Kier molecular flexibility index (Phi) is 4.61. The molecule has 0 radical (unpaired) electrons. The smallest absolute Gasteiger partial charge is 0.229 e. The van der Waals surface area contributed by atoms with Crippen LogP contribution in [0.2, 0.25) is 0 Å². The fourth-order valence-corrected chi connectivity index (χ4v) is 3.57. The number of rotatable bonds is 4. The van der Waals surface area contributed by atoms with Crippen molar-refractivity contribution in [3.05, 3.63) is 76.8 Å². The number of hydrogen-bond donors (Lipinski definition) is 2. The second kappa shape index (κ2) is 7.24. The Morgan fingerprint density at radius 2 is 2.03 bits per heavy atom. The third kappa shape index (κ3) is 3.05. The highest BCUT2D eigenvalue weighted by Gasteiger charge is 2.36. The highest BCUT2D eigenvalue weighted by Crippen LogP contribution is 2.46. The van der Waals surface area contributed by atoms with Crippen LogP contribution in [0.5, 0.6) is 17.4 Å². The Bertz CT molecular complexity index is 1140. The first kappa shape index (κ1) is 18.4. The van der Waals surface area contributed by atoms with Crippen LogP contribution in [0.25, 0.3) is 5.69 Å². The molecule has 0 saturated heterocycles. The molecule has 0 spiro atoms. The quantitative estimate of drug-likeness (QED) is 0.708. The number of phenols is 1. The third-order valence-electron chi connectivity index (χ3n) is 4.85. The molecule has 2 aromatic carbocycles. The summed E-state index contributed by atoms with van der Waals surface area (Å²) in [6.45, 7) is 4.12. The van der Waals surface area contributed by atoms with E-state index in [4.69, 9.17) is 15.2 Å². The largest absolute Gasteiger partial charge is 0.504 e. The van der Waals surface area contributed by atoms with Crippen molar-refractivity contribution in [2.24, 2.45) is 5.73 Å². The van der Waals surface area contributed by atoms with Gasteiger partial charge in [0, 0.05) is 0 Å². The van der Waals surface area contributed by atoms with Gasteiger partial charge in [0.2, 0.25) is 11.8 Å². The predicted molar refractivity (Wildman–Crippen MR) is 107 cm³/mol. The van der Waals surface area contributed by atoms with Crippen LogP contribution in [0.15, 0.2) is 60.0 Å². The van der Waals surface area contributed by atoms with Gasteiger partial charge >= 0.3 is 0 Å². The van der Waals surface area contributed by atoms with Gasteiger partial charge in [-0.05, 0) is 43.7 Å². The molecule has 1 atom stereocenters. The van der Waals surface area contributed by atoms with Gasteiger partial charge in [-0.2, -0.15) is 10.4 Å². The van der Waals surface area contributed by atoms with Crippen LogP contribution in [0.1, 0.15) is 29.7 Å². The van der Waals surface area contributed by atoms with Gasteiger partial charge in [-0.15, -0.1) is 0 Å². The van der Waals surface area contributed by atoms with Crippen molar-refractivity contribution in [2.45, 2.75) is 19.8 Å². The number of aromatic hydroxyl groups is 1. The number of para-hydroxylation sites is 1. The van der Waals surface area contributed by atoms with Gasteiger partial charge in [0.15, 0.2) is 11.5 Å². The van der Waals surface area contributed by atoms with Crippen LogP contribution in [-0.4, -0.2) is 21.5 Å². The third-order valence-corrected chi connectivity index (χ3v) is 4.85. The lowest BCUT2D eigenvalue weighted by Gasteiger charge is -2.25. The molecule has 1 aliphatic rings. The number of fused-ring (bicyclic) bond motifs is 1. The maximum absolute atomic E-state index is 10.1. The first-order valence-corrected chi connectivity index (χ1v) is 9.23. The molecule has 1 aliphatic heterocycles. The molecule has 0 saturated carbocycles. The molecule has 4 rings (SSSR count). The summed E-state index contributed by atoms with van der Waals surface area (Å²) < 4.78 is 13.1. The topological polar surface area (TPSA) is 106 Å². The van der Waals surface area contributed by atoms with Crippen molar-refractivity contribution in [3.63, 3.8) is 0 Å². The van der Waals surface area contributed by atoms with E-state index in [0.29, 0.717) is 23.8 Å². The zero-order chi connectivity index (χ0) is 20.5. The van der Waals surface area contributed by atoms with Crippen molar-refractivity contribution in [2.75, 3.05) is 6.61 Å². The fraction of sp³-hybridized carbons (Fsp3) is 0.182. The van der Waals surface area contributed by atoms with Crippen LogP contribution < -0.4 is 15.2 Å². The summed E-state index contributed by atoms with van der Waals surface area (Å²) in [4.78, 5) is 0. The van der Waals surface area contributed by atoms with Gasteiger partial charge in [-0.1, -0.05) is 24.3 Å². The average molecular weight is 388 g/mol. The molecule has 29 heavy (non-hydrogen) atoms. The van der Waals surface area contributed by atoms with Crippen molar-refractivity contribution in [3.8, 4) is 29.1 Å². The molecule has 0 amide bonds. The fourth-order valence-electron chi connectivity index (χ4n) is 3.57. The molecular weight excluding hydrogens is 368 g/mol. The summed E-state index contributed by atoms with van der Waals surface area (Å²) in [6, 6.07) is 16.8. The number of nitrogens with zero attached hydrogens (tertiary/aromatic N) is 3. The van der Waals surface area contributed by atoms with Gasteiger partial charge in [-0.25, -0.2) is 4.68 Å². The summed E-state index contributed by atoms with van der Waals surface area (Å²) >= 11 is 0. The van der Waals surface area contributed by atoms with Crippen LogP contribution in [0, 0.1) is 18.3 Å². The maximum Gasteiger partial charge on any atom is 0.229 e. The molecular formula is C22H20N4O3. The zero-order valence-electron chi connectivity index (χ0n) is 16.1. The Balaban J connectivity index is 1.93. The van der Waals surface area contributed by atoms with E-state index in [1.54, 1.807) is 22.9 Å². The SMILES string of the molecule is CCOc1cc(C2C(C#N)=C(N)Oc3c2c(C)nn3-c2ccccc2)ccc1O. The number of hydrogen-bond acceptors (Lipinski definition) is 6. The van der Waals surface area contributed by atoms with Crippen LogP contribution >= 0.6 is 0 Å². The lowest BCUT2D eigenvalue weighted by Crippen LogP contribution is -2.22. The summed E-state index contributed by atoms with van der Waals surface area (Å²) in [6.07, 6.45) is 0. The van der Waals surface area contributed by atoms with E-state index >= 15 is 0 Å². The van der Waals surface area contributed by atoms with Crippen molar-refractivity contribution in [1.82, 2.24) is 9.78 Å². The first-order chi connectivity index (χ1) is 14.0. The minimum atomic E-state index is -0.485. The number of aromatic nitrogens is 2. The second-order valence-electron chi connectivity index (χ2n) is 6.64. The van der Waals surface area contributed by atoms with Crippen molar-refractivity contribution < 1.29 is 14.6 Å². The standard InChI is InChI=1S/C22H20N4O3/c1-3-28-18-11-14(9-10-17(18)27)20-16(12-23)21(24)29-22-19(20)13(2)25-26(22)15-7-5-4-6-8-15/h4-11,20,27H,3,24H2,1-2H3. The van der Waals surface area contributed by atoms with E-state index < -0.39 is 5.92 Å². The molecule has 0 aliphatic carbocycles. The molecule has 3 aromatic rings. The van der Waals surface area contributed by atoms with Crippen LogP contribution in [-0.2, 0) is 0 Å². The van der Waals surface area contributed by atoms with Gasteiger partial charge in [-0.3, -0.25) is 0 Å². The molecule has 1 unspecified atom stereocenters. The summed E-state index contributed by atoms with van der Waals surface area (Å²) in [5.74, 6) is 0.410. The number of allylic oxidation sites excluding steroid dienone is 1. The number of ether oxygens (including phenoxy) is 2. The molecule has 146 valence electrons. The number of nitrogens with two attached hydrogens (primary N) is 1. The minimum absolute atomic E-state index is 0.0353. The summed E-state index contributed by atoms with van der Waals surface area (Å²) in [7, 11) is 0. The molecule has 7 nitrogen and oxygen atoms in total. The van der Waals surface area contributed by atoms with E-state index in [1.165, 1.54) is 0 Å². The molecule has 0 fully saturated rings. The van der Waals surface area contributed by atoms with Gasteiger partial charge in [0.25, 0.3) is 0 Å².